The predicted molar refractivity (Wildman–Crippen MR) is 108 cm³/mol. The van der Waals surface area contributed by atoms with Gasteiger partial charge in [0.15, 0.2) is 0 Å². The molecule has 0 fully saturated rings. The van der Waals surface area contributed by atoms with Crippen molar-refractivity contribution in [2.24, 2.45) is 5.73 Å². The van der Waals surface area contributed by atoms with Crippen molar-refractivity contribution in [3.8, 4) is 21.8 Å². The van der Waals surface area contributed by atoms with Crippen molar-refractivity contribution in [1.82, 2.24) is 4.98 Å². The Labute approximate surface area is 154 Å². The SMILES string of the molecule is CSc1sc(C(=N)N)cc1-c1csc(-c2cc(C)c(C)cc2C)n1. The van der Waals surface area contributed by atoms with Crippen LogP contribution in [0.4, 0.5) is 0 Å². The number of nitrogens with one attached hydrogen (secondary N) is 1. The van der Waals surface area contributed by atoms with Gasteiger partial charge in [-0.2, -0.15) is 0 Å². The zero-order chi connectivity index (χ0) is 17.4. The van der Waals surface area contributed by atoms with Crippen LogP contribution in [0.3, 0.4) is 0 Å². The fourth-order valence-electron chi connectivity index (χ4n) is 2.55. The van der Waals surface area contributed by atoms with Crippen molar-refractivity contribution in [2.45, 2.75) is 25.0 Å². The molecule has 0 spiro atoms. The number of nitrogen functional groups attached to an aromatic ring is 1. The lowest BCUT2D eigenvalue weighted by Crippen LogP contribution is -2.08. The Morgan fingerprint density at radius 1 is 1.08 bits per heavy atom. The summed E-state index contributed by atoms with van der Waals surface area (Å²) in [6, 6.07) is 6.42. The van der Waals surface area contributed by atoms with Crippen molar-refractivity contribution in [3.63, 3.8) is 0 Å². The summed E-state index contributed by atoms with van der Waals surface area (Å²) >= 11 is 4.89. The highest BCUT2D eigenvalue weighted by molar-refractivity contribution is 8.00. The summed E-state index contributed by atoms with van der Waals surface area (Å²) in [7, 11) is 0. The molecule has 0 aliphatic rings. The molecule has 1 aromatic carbocycles. The van der Waals surface area contributed by atoms with Gasteiger partial charge in [0.25, 0.3) is 0 Å². The van der Waals surface area contributed by atoms with Crippen LogP contribution in [0.1, 0.15) is 21.6 Å². The maximum Gasteiger partial charge on any atom is 0.133 e. The number of aromatic nitrogens is 1. The van der Waals surface area contributed by atoms with E-state index in [4.69, 9.17) is 16.1 Å². The Bertz CT molecular complexity index is 922. The van der Waals surface area contributed by atoms with Crippen LogP contribution < -0.4 is 5.73 Å². The summed E-state index contributed by atoms with van der Waals surface area (Å²) in [6.45, 7) is 6.41. The summed E-state index contributed by atoms with van der Waals surface area (Å²) in [4.78, 5) is 5.66. The second-order valence-electron chi connectivity index (χ2n) is 5.72. The first-order chi connectivity index (χ1) is 11.4. The van der Waals surface area contributed by atoms with E-state index < -0.39 is 0 Å². The van der Waals surface area contributed by atoms with Gasteiger partial charge in [0, 0.05) is 16.5 Å². The Balaban J connectivity index is 2.06. The van der Waals surface area contributed by atoms with Gasteiger partial charge in [-0.15, -0.1) is 34.4 Å². The Kier molecular flexibility index (Phi) is 4.80. The molecule has 0 unspecified atom stereocenters. The number of rotatable bonds is 4. The van der Waals surface area contributed by atoms with Crippen molar-refractivity contribution in [3.05, 3.63) is 45.1 Å². The maximum absolute atomic E-state index is 7.66. The molecule has 0 saturated heterocycles. The number of nitrogens with two attached hydrogens (primary N) is 1. The summed E-state index contributed by atoms with van der Waals surface area (Å²) in [5, 5.41) is 10.8. The molecule has 0 radical (unpaired) electrons. The molecule has 0 atom stereocenters. The van der Waals surface area contributed by atoms with Gasteiger partial charge in [-0.05, 0) is 55.9 Å². The molecule has 2 heterocycles. The minimum absolute atomic E-state index is 0.113. The van der Waals surface area contributed by atoms with E-state index >= 15 is 0 Å². The van der Waals surface area contributed by atoms with E-state index in [1.54, 1.807) is 34.4 Å². The van der Waals surface area contributed by atoms with Crippen LogP contribution >= 0.6 is 34.4 Å². The minimum atomic E-state index is 0.113. The Morgan fingerprint density at radius 3 is 2.46 bits per heavy atom. The van der Waals surface area contributed by atoms with Crippen LogP contribution in [0.15, 0.2) is 27.8 Å². The number of thiophene rings is 1. The zero-order valence-corrected chi connectivity index (χ0v) is 16.5. The number of aryl methyl sites for hydroxylation is 3. The van der Waals surface area contributed by atoms with Gasteiger partial charge >= 0.3 is 0 Å². The lowest BCUT2D eigenvalue weighted by Gasteiger charge is -2.07. The summed E-state index contributed by atoms with van der Waals surface area (Å²) in [5.74, 6) is 0.113. The number of nitrogens with zero attached hydrogens (tertiary/aromatic N) is 1. The predicted octanol–water partition coefficient (Wildman–Crippen LogP) is 5.47. The molecule has 3 rings (SSSR count). The van der Waals surface area contributed by atoms with Crippen LogP contribution in [-0.2, 0) is 0 Å². The maximum atomic E-state index is 7.66. The molecule has 6 heteroatoms. The fourth-order valence-corrected chi connectivity index (χ4v) is 5.20. The van der Waals surface area contributed by atoms with E-state index in [1.807, 2.05) is 12.3 Å². The number of hydrogen-bond donors (Lipinski definition) is 2. The fraction of sp³-hybridized carbons (Fsp3) is 0.222. The number of thioether (sulfide) groups is 1. The lowest BCUT2D eigenvalue weighted by atomic mass is 10.0. The zero-order valence-electron chi connectivity index (χ0n) is 14.1. The van der Waals surface area contributed by atoms with Crippen molar-refractivity contribution < 1.29 is 0 Å². The van der Waals surface area contributed by atoms with E-state index in [9.17, 15) is 0 Å². The van der Waals surface area contributed by atoms with Crippen LogP contribution in [-0.4, -0.2) is 17.1 Å². The molecular weight excluding hydrogens is 354 g/mol. The topological polar surface area (TPSA) is 62.8 Å². The summed E-state index contributed by atoms with van der Waals surface area (Å²) in [5.41, 5.74) is 12.7. The second kappa shape index (κ2) is 6.70. The average Bonchev–Trinajstić information content (AvgIpc) is 3.17. The number of hydrogen-bond acceptors (Lipinski definition) is 5. The third kappa shape index (κ3) is 3.14. The molecule has 124 valence electrons. The van der Waals surface area contributed by atoms with Gasteiger partial charge in [-0.1, -0.05) is 6.07 Å². The molecule has 3 N–H and O–H groups in total. The van der Waals surface area contributed by atoms with Gasteiger partial charge in [0.1, 0.15) is 10.8 Å². The van der Waals surface area contributed by atoms with Crippen molar-refractivity contribution >= 4 is 40.3 Å². The first-order valence-corrected chi connectivity index (χ1v) is 10.4. The van der Waals surface area contributed by atoms with Crippen LogP contribution in [0.5, 0.6) is 0 Å². The molecular formula is C18H19N3S3. The third-order valence-electron chi connectivity index (χ3n) is 4.00. The molecule has 0 amide bonds. The normalized spacial score (nSPS) is 11.0. The van der Waals surface area contributed by atoms with E-state index in [-0.39, 0.29) is 5.84 Å². The largest absolute Gasteiger partial charge is 0.383 e. The highest BCUT2D eigenvalue weighted by Gasteiger charge is 2.16. The minimum Gasteiger partial charge on any atom is -0.383 e. The molecule has 2 aromatic heterocycles. The van der Waals surface area contributed by atoms with E-state index in [1.165, 1.54) is 22.3 Å². The monoisotopic (exact) mass is 373 g/mol. The molecule has 0 saturated carbocycles. The first-order valence-electron chi connectivity index (χ1n) is 7.47. The molecule has 3 nitrogen and oxygen atoms in total. The number of benzene rings is 1. The summed E-state index contributed by atoms with van der Waals surface area (Å²) in [6.07, 6.45) is 2.04. The van der Waals surface area contributed by atoms with E-state index in [2.05, 4.69) is 38.3 Å². The van der Waals surface area contributed by atoms with Crippen molar-refractivity contribution in [2.75, 3.05) is 6.26 Å². The molecule has 0 aliphatic carbocycles. The van der Waals surface area contributed by atoms with Gasteiger partial charge in [-0.3, -0.25) is 5.41 Å². The molecule has 3 aromatic rings. The van der Waals surface area contributed by atoms with Gasteiger partial charge in [0.05, 0.1) is 14.8 Å². The Morgan fingerprint density at radius 2 is 1.79 bits per heavy atom. The highest BCUT2D eigenvalue weighted by Crippen LogP contribution is 2.40. The van der Waals surface area contributed by atoms with Crippen LogP contribution in [0, 0.1) is 26.2 Å². The Hall–Kier alpha value is -1.63. The molecule has 0 aliphatic heterocycles. The van der Waals surface area contributed by atoms with Gasteiger partial charge < -0.3 is 5.73 Å². The lowest BCUT2D eigenvalue weighted by molar-refractivity contribution is 1.29. The van der Waals surface area contributed by atoms with Crippen LogP contribution in [0.2, 0.25) is 0 Å². The van der Waals surface area contributed by atoms with Gasteiger partial charge in [-0.25, -0.2) is 4.98 Å². The van der Waals surface area contributed by atoms with E-state index in [0.29, 0.717) is 0 Å². The van der Waals surface area contributed by atoms with Crippen LogP contribution in [0.25, 0.3) is 21.8 Å². The first kappa shape index (κ1) is 17.2. The highest BCUT2D eigenvalue weighted by atomic mass is 32.2. The number of amidine groups is 1. The molecule has 24 heavy (non-hydrogen) atoms. The van der Waals surface area contributed by atoms with Gasteiger partial charge in [0.2, 0.25) is 0 Å². The smallest absolute Gasteiger partial charge is 0.133 e. The van der Waals surface area contributed by atoms with Crippen molar-refractivity contribution in [1.29, 1.82) is 5.41 Å². The van der Waals surface area contributed by atoms with E-state index in [0.717, 1.165) is 25.4 Å². The second-order valence-corrected chi connectivity index (χ2v) is 8.70. The average molecular weight is 374 g/mol. The quantitative estimate of drug-likeness (QED) is 0.362. The molecule has 0 bridgehead atoms. The summed E-state index contributed by atoms with van der Waals surface area (Å²) < 4.78 is 1.15. The standard InChI is InChI=1S/C18H19N3S3/c1-9-5-11(3)12(6-10(9)2)17-21-14(8-23-17)13-7-15(16(19)20)24-18(13)22-4/h5-8H,1-4H3,(H3,19,20). The third-order valence-corrected chi connectivity index (χ3v) is 7.18. The number of thiazole rings is 1.